The Morgan fingerprint density at radius 2 is 1.71 bits per heavy atom. The third-order valence-electron chi connectivity index (χ3n) is 3.46. The van der Waals surface area contributed by atoms with E-state index in [1.165, 1.54) is 11.3 Å². The van der Waals surface area contributed by atoms with Gasteiger partial charge in [0.25, 0.3) is 11.8 Å². The molecule has 2 amide bonds. The summed E-state index contributed by atoms with van der Waals surface area (Å²) in [6.45, 7) is 1.79. The van der Waals surface area contributed by atoms with Crippen LogP contribution in [-0.2, 0) is 0 Å². The fourth-order valence-corrected chi connectivity index (χ4v) is 3.26. The predicted octanol–water partition coefficient (Wildman–Crippen LogP) is 3.47. The number of benzene rings is 2. The first-order valence-corrected chi connectivity index (χ1v) is 8.11. The molecule has 0 atom stereocenters. The highest BCUT2D eigenvalue weighted by Gasteiger charge is 2.18. The SMILES string of the molecule is Cc1nc(-c2ccccc2)sc1C(=O)Nc1ccccc1C(N)=O. The summed E-state index contributed by atoms with van der Waals surface area (Å²) in [6, 6.07) is 16.3. The molecule has 2 aromatic carbocycles. The third kappa shape index (κ3) is 3.18. The summed E-state index contributed by atoms with van der Waals surface area (Å²) in [6.07, 6.45) is 0. The highest BCUT2D eigenvalue weighted by molar-refractivity contribution is 7.17. The largest absolute Gasteiger partial charge is 0.366 e. The van der Waals surface area contributed by atoms with E-state index in [-0.39, 0.29) is 11.5 Å². The monoisotopic (exact) mass is 337 g/mol. The van der Waals surface area contributed by atoms with Gasteiger partial charge in [0.2, 0.25) is 0 Å². The molecule has 0 fully saturated rings. The van der Waals surface area contributed by atoms with Crippen LogP contribution in [0.4, 0.5) is 5.69 Å². The summed E-state index contributed by atoms with van der Waals surface area (Å²) in [5.41, 5.74) is 7.61. The predicted molar refractivity (Wildman–Crippen MR) is 95.2 cm³/mol. The molecule has 24 heavy (non-hydrogen) atoms. The molecule has 0 bridgehead atoms. The Bertz CT molecular complexity index is 904. The van der Waals surface area contributed by atoms with Crippen molar-refractivity contribution in [3.63, 3.8) is 0 Å². The number of para-hydroxylation sites is 1. The van der Waals surface area contributed by atoms with Gasteiger partial charge in [0, 0.05) is 5.56 Å². The zero-order chi connectivity index (χ0) is 17.1. The number of amides is 2. The zero-order valence-corrected chi connectivity index (χ0v) is 13.8. The Kier molecular flexibility index (Phi) is 4.39. The van der Waals surface area contributed by atoms with Crippen molar-refractivity contribution < 1.29 is 9.59 Å². The number of aromatic nitrogens is 1. The number of nitrogens with zero attached hydrogens (tertiary/aromatic N) is 1. The second-order valence-corrected chi connectivity index (χ2v) is 6.16. The lowest BCUT2D eigenvalue weighted by atomic mass is 10.1. The number of hydrogen-bond acceptors (Lipinski definition) is 4. The molecule has 6 heteroatoms. The molecule has 3 rings (SSSR count). The first-order valence-electron chi connectivity index (χ1n) is 7.29. The van der Waals surface area contributed by atoms with Crippen LogP contribution in [0.25, 0.3) is 10.6 Å². The number of hydrogen-bond donors (Lipinski definition) is 2. The van der Waals surface area contributed by atoms with E-state index >= 15 is 0 Å². The van der Waals surface area contributed by atoms with Crippen LogP contribution in [0.5, 0.6) is 0 Å². The Balaban J connectivity index is 1.89. The summed E-state index contributed by atoms with van der Waals surface area (Å²) < 4.78 is 0. The van der Waals surface area contributed by atoms with Crippen LogP contribution in [0.15, 0.2) is 54.6 Å². The van der Waals surface area contributed by atoms with Crippen LogP contribution in [0, 0.1) is 6.92 Å². The van der Waals surface area contributed by atoms with Gasteiger partial charge in [-0.25, -0.2) is 4.98 Å². The van der Waals surface area contributed by atoms with Gasteiger partial charge in [-0.05, 0) is 19.1 Å². The van der Waals surface area contributed by atoms with Gasteiger partial charge in [-0.15, -0.1) is 11.3 Å². The molecule has 0 aliphatic heterocycles. The van der Waals surface area contributed by atoms with E-state index in [0.29, 0.717) is 16.3 Å². The maximum absolute atomic E-state index is 12.6. The van der Waals surface area contributed by atoms with Crippen molar-refractivity contribution in [3.05, 3.63) is 70.7 Å². The zero-order valence-electron chi connectivity index (χ0n) is 12.9. The molecule has 0 unspecified atom stereocenters. The normalized spacial score (nSPS) is 10.4. The number of nitrogens with two attached hydrogens (primary N) is 1. The fraction of sp³-hybridized carbons (Fsp3) is 0.0556. The van der Waals surface area contributed by atoms with Crippen LogP contribution in [-0.4, -0.2) is 16.8 Å². The quantitative estimate of drug-likeness (QED) is 0.764. The average Bonchev–Trinajstić information content (AvgIpc) is 2.98. The average molecular weight is 337 g/mol. The minimum atomic E-state index is -0.586. The van der Waals surface area contributed by atoms with E-state index in [1.807, 2.05) is 30.3 Å². The summed E-state index contributed by atoms with van der Waals surface area (Å²) in [7, 11) is 0. The van der Waals surface area contributed by atoms with Crippen LogP contribution in [0.1, 0.15) is 25.7 Å². The Morgan fingerprint density at radius 1 is 1.04 bits per heavy atom. The van der Waals surface area contributed by atoms with Gasteiger partial charge < -0.3 is 11.1 Å². The molecule has 1 heterocycles. The van der Waals surface area contributed by atoms with Gasteiger partial charge in [0.05, 0.1) is 16.9 Å². The molecule has 0 saturated heterocycles. The Morgan fingerprint density at radius 3 is 2.42 bits per heavy atom. The molecule has 0 aliphatic rings. The number of carbonyl (C=O) groups is 2. The molecule has 0 saturated carbocycles. The standard InChI is InChI=1S/C18H15N3O2S/c1-11-15(24-18(20-11)12-7-3-2-4-8-12)17(23)21-14-10-6-5-9-13(14)16(19)22/h2-10H,1H3,(H2,19,22)(H,21,23). The van der Waals surface area contributed by atoms with Crippen LogP contribution >= 0.6 is 11.3 Å². The second kappa shape index (κ2) is 6.64. The number of carbonyl (C=O) groups excluding carboxylic acids is 2. The lowest BCUT2D eigenvalue weighted by molar-refractivity contribution is 0.100. The minimum Gasteiger partial charge on any atom is -0.366 e. The van der Waals surface area contributed by atoms with Gasteiger partial charge in [-0.3, -0.25) is 9.59 Å². The highest BCUT2D eigenvalue weighted by atomic mass is 32.1. The lowest BCUT2D eigenvalue weighted by Gasteiger charge is -2.07. The molecular formula is C18H15N3O2S. The van der Waals surface area contributed by atoms with Gasteiger partial charge >= 0.3 is 0 Å². The minimum absolute atomic E-state index is 0.274. The van der Waals surface area contributed by atoms with Crippen molar-refractivity contribution in [2.45, 2.75) is 6.92 Å². The van der Waals surface area contributed by atoms with Gasteiger partial charge in [-0.1, -0.05) is 42.5 Å². The van der Waals surface area contributed by atoms with Crippen LogP contribution in [0.3, 0.4) is 0 Å². The van der Waals surface area contributed by atoms with E-state index in [9.17, 15) is 9.59 Å². The molecular weight excluding hydrogens is 322 g/mol. The number of aryl methyl sites for hydroxylation is 1. The Hall–Kier alpha value is -2.99. The molecule has 3 aromatic rings. The molecule has 0 aliphatic carbocycles. The van der Waals surface area contributed by atoms with Crippen LogP contribution in [0.2, 0.25) is 0 Å². The number of primary amides is 1. The first-order chi connectivity index (χ1) is 11.6. The maximum Gasteiger partial charge on any atom is 0.267 e. The molecule has 120 valence electrons. The molecule has 1 aromatic heterocycles. The van der Waals surface area contributed by atoms with Crippen molar-refractivity contribution in [3.8, 4) is 10.6 Å². The summed E-state index contributed by atoms with van der Waals surface area (Å²) in [4.78, 5) is 29.0. The number of anilines is 1. The Labute approximate surface area is 143 Å². The van der Waals surface area contributed by atoms with E-state index in [4.69, 9.17) is 5.73 Å². The maximum atomic E-state index is 12.6. The van der Waals surface area contributed by atoms with Crippen molar-refractivity contribution >= 4 is 28.8 Å². The first kappa shape index (κ1) is 15.9. The fourth-order valence-electron chi connectivity index (χ4n) is 2.30. The van der Waals surface area contributed by atoms with Crippen molar-refractivity contribution in [1.29, 1.82) is 0 Å². The highest BCUT2D eigenvalue weighted by Crippen LogP contribution is 2.28. The van der Waals surface area contributed by atoms with Gasteiger partial charge in [0.15, 0.2) is 0 Å². The summed E-state index contributed by atoms with van der Waals surface area (Å²) >= 11 is 1.31. The van der Waals surface area contributed by atoms with E-state index in [1.54, 1.807) is 31.2 Å². The summed E-state index contributed by atoms with van der Waals surface area (Å²) in [5.74, 6) is -0.891. The second-order valence-electron chi connectivity index (χ2n) is 5.16. The van der Waals surface area contributed by atoms with Crippen molar-refractivity contribution in [2.24, 2.45) is 5.73 Å². The number of rotatable bonds is 4. The summed E-state index contributed by atoms with van der Waals surface area (Å²) in [5, 5.41) is 3.52. The van der Waals surface area contributed by atoms with Gasteiger partial charge in [-0.2, -0.15) is 0 Å². The van der Waals surface area contributed by atoms with Gasteiger partial charge in [0.1, 0.15) is 9.88 Å². The number of thiazole rings is 1. The smallest absolute Gasteiger partial charge is 0.267 e. The van der Waals surface area contributed by atoms with E-state index in [0.717, 1.165) is 10.6 Å². The third-order valence-corrected chi connectivity index (χ3v) is 4.67. The molecule has 0 spiro atoms. The topological polar surface area (TPSA) is 85.1 Å². The molecule has 3 N–H and O–H groups in total. The van der Waals surface area contributed by atoms with Crippen molar-refractivity contribution in [2.75, 3.05) is 5.32 Å². The van der Waals surface area contributed by atoms with E-state index in [2.05, 4.69) is 10.3 Å². The lowest BCUT2D eigenvalue weighted by Crippen LogP contribution is -2.18. The van der Waals surface area contributed by atoms with E-state index < -0.39 is 5.91 Å². The number of nitrogens with one attached hydrogen (secondary N) is 1. The molecule has 0 radical (unpaired) electrons. The van der Waals surface area contributed by atoms with Crippen LogP contribution < -0.4 is 11.1 Å². The molecule has 5 nitrogen and oxygen atoms in total. The van der Waals surface area contributed by atoms with Crippen molar-refractivity contribution in [1.82, 2.24) is 4.98 Å².